The number of amides is 1. The average molecular weight is 1320 g/mol. The van der Waals surface area contributed by atoms with Crippen LogP contribution < -0.4 is 27.4 Å². The fraction of sp³-hybridized carbons (Fsp3) is 0.196. The minimum atomic E-state index is -3.16. The third-order valence-electron chi connectivity index (χ3n) is 10.9. The molecular formula is C51H48Br4N14O7S. The van der Waals surface area contributed by atoms with E-state index in [2.05, 4.69) is 109 Å². The van der Waals surface area contributed by atoms with E-state index in [9.17, 15) is 13.2 Å². The highest BCUT2D eigenvalue weighted by molar-refractivity contribution is 9.11. The molecule has 1 amide bonds. The first-order chi connectivity index (χ1) is 36.7. The van der Waals surface area contributed by atoms with Crippen molar-refractivity contribution in [2.45, 2.75) is 33.3 Å². The van der Waals surface area contributed by atoms with Crippen LogP contribution in [-0.2, 0) is 14.8 Å². The first-order valence-corrected chi connectivity index (χ1v) is 28.1. The average Bonchev–Trinajstić information content (AvgIpc) is 4.17. The molecule has 1 aliphatic rings. The Balaban J connectivity index is 0.000000144. The quantitative estimate of drug-likeness (QED) is 0.115. The van der Waals surface area contributed by atoms with Crippen molar-refractivity contribution in [2.24, 2.45) is 0 Å². The Labute approximate surface area is 475 Å². The van der Waals surface area contributed by atoms with Crippen LogP contribution in [0.1, 0.15) is 27.7 Å². The summed E-state index contributed by atoms with van der Waals surface area (Å²) in [5.74, 6) is 3.80. The number of anilines is 5. The number of benzene rings is 3. The van der Waals surface area contributed by atoms with Crippen LogP contribution in [0.15, 0.2) is 147 Å². The van der Waals surface area contributed by atoms with Gasteiger partial charge in [-0.15, -0.1) is 0 Å². The van der Waals surface area contributed by atoms with E-state index in [1.165, 1.54) is 10.5 Å². The lowest BCUT2D eigenvalue weighted by Gasteiger charge is -2.34. The lowest BCUT2D eigenvalue weighted by molar-refractivity contribution is 0.0635. The number of fused-ring (bicyclic) bond motifs is 3. The second-order valence-electron chi connectivity index (χ2n) is 17.5. The Bertz CT molecular complexity index is 3730. The number of carbonyl (C=O) groups is 1. The fourth-order valence-corrected chi connectivity index (χ4v) is 9.80. The number of halogens is 4. The van der Waals surface area contributed by atoms with Crippen molar-refractivity contribution in [3.8, 4) is 34.4 Å². The molecule has 7 aromatic heterocycles. The monoisotopic (exact) mass is 1320 g/mol. The standard InChI is InChI=1S/C18H21N5O3S.C17H16BrN3O3.C12H8BrN3O.C4H3Br2N3/c1-2-27(24,25)23-9-7-22(8-10-23)16-12-20-18(19)17(21-16)15-11-13-5-3-4-6-14(13)26-15;1-17(2,3)24-16(22)21-15-14(20-13(18)9-19-15)12-8-10-6-4-5-7-11(10)23-12;13-10-6-15-12(14)11(16-10)9-5-7-3-1-2-4-8(7)17-9;5-2-1-8-4(7)3(6)9-2/h3-6,11-12H,2,7-10H2,1H3,(H2,19,20);4-9H,1-3H3,(H,19,21,22);1-6H,(H2,14,15);1H,(H2,7,8). The number of hydrogen-bond acceptors (Lipinski definition) is 19. The second kappa shape index (κ2) is 24.5. The van der Waals surface area contributed by atoms with Gasteiger partial charge in [0, 0.05) is 42.3 Å². The van der Waals surface area contributed by atoms with Crippen LogP contribution in [0, 0.1) is 0 Å². The number of carbonyl (C=O) groups excluding carboxylic acids is 1. The SMILES string of the molecule is CC(C)(C)OC(=O)Nc1ncc(Br)nc1-c1cc2ccccc2o1.CCS(=O)(=O)N1CCN(c2cnc(N)c(-c3cc4ccccc4o3)n2)CC1.Nc1ncc(Br)nc1-c1cc2ccccc2o1.Nc1ncc(Br)nc1Br. The molecule has 10 aromatic rings. The van der Waals surface area contributed by atoms with Gasteiger partial charge in [0.25, 0.3) is 0 Å². The van der Waals surface area contributed by atoms with Crippen LogP contribution in [0.5, 0.6) is 0 Å². The van der Waals surface area contributed by atoms with Crippen molar-refractivity contribution in [3.63, 3.8) is 0 Å². The van der Waals surface area contributed by atoms with Crippen LogP contribution in [-0.4, -0.2) is 96.2 Å². The van der Waals surface area contributed by atoms with Crippen molar-refractivity contribution >= 4 is 142 Å². The third kappa shape index (κ3) is 14.5. The summed E-state index contributed by atoms with van der Waals surface area (Å²) >= 11 is 12.8. The van der Waals surface area contributed by atoms with Crippen LogP contribution in [0.2, 0.25) is 0 Å². The van der Waals surface area contributed by atoms with Crippen LogP contribution in [0.4, 0.5) is 33.9 Å². The molecule has 0 bridgehead atoms. The summed E-state index contributed by atoms with van der Waals surface area (Å²) in [6.45, 7) is 9.01. The number of rotatable bonds is 7. The molecule has 26 heteroatoms. The van der Waals surface area contributed by atoms with Crippen molar-refractivity contribution in [3.05, 3.63) is 134 Å². The Kier molecular flexibility index (Phi) is 17.8. The summed E-state index contributed by atoms with van der Waals surface area (Å²) in [6.07, 6.45) is 5.61. The van der Waals surface area contributed by atoms with Gasteiger partial charge < -0.3 is 40.1 Å². The number of para-hydroxylation sites is 3. The van der Waals surface area contributed by atoms with E-state index < -0.39 is 21.7 Å². The normalized spacial score (nSPS) is 12.8. The highest BCUT2D eigenvalue weighted by Crippen LogP contribution is 2.34. The zero-order valence-corrected chi connectivity index (χ0v) is 48.6. The summed E-state index contributed by atoms with van der Waals surface area (Å²) in [5.41, 5.74) is 20.3. The van der Waals surface area contributed by atoms with E-state index in [-0.39, 0.29) is 11.6 Å². The lowest BCUT2D eigenvalue weighted by Crippen LogP contribution is -2.49. The maximum atomic E-state index is 12.0. The minimum Gasteiger partial charge on any atom is -0.454 e. The van der Waals surface area contributed by atoms with Crippen molar-refractivity contribution in [1.82, 2.24) is 44.2 Å². The molecule has 77 heavy (non-hydrogen) atoms. The number of nitrogens with zero attached hydrogens (tertiary/aromatic N) is 10. The topological polar surface area (TPSA) is 300 Å². The number of ether oxygens (including phenoxy) is 1. The van der Waals surface area contributed by atoms with Gasteiger partial charge in [0.1, 0.15) is 58.0 Å². The smallest absolute Gasteiger partial charge is 0.413 e. The number of nitrogens with one attached hydrogen (secondary N) is 1. The van der Waals surface area contributed by atoms with Gasteiger partial charge in [-0.05, 0) is 128 Å². The number of sulfonamides is 1. The zero-order valence-electron chi connectivity index (χ0n) is 41.5. The second-order valence-corrected chi connectivity index (χ2v) is 23.0. The van der Waals surface area contributed by atoms with Gasteiger partial charge in [-0.1, -0.05) is 54.6 Å². The number of nitrogens with two attached hydrogens (primary N) is 3. The molecule has 0 atom stereocenters. The van der Waals surface area contributed by atoms with Gasteiger partial charge in [0.2, 0.25) is 10.0 Å². The zero-order chi connectivity index (χ0) is 55.0. The first kappa shape index (κ1) is 56.1. The highest BCUT2D eigenvalue weighted by Gasteiger charge is 2.27. The maximum Gasteiger partial charge on any atom is 0.413 e. The molecule has 21 nitrogen and oxygen atoms in total. The van der Waals surface area contributed by atoms with Gasteiger partial charge >= 0.3 is 6.09 Å². The molecule has 0 aliphatic carbocycles. The van der Waals surface area contributed by atoms with Crippen molar-refractivity contribution in [1.29, 1.82) is 0 Å². The van der Waals surface area contributed by atoms with Gasteiger partial charge in [0.05, 0.1) is 30.5 Å². The van der Waals surface area contributed by atoms with Gasteiger partial charge in [-0.3, -0.25) is 5.32 Å². The Morgan fingerprint density at radius 2 is 1.04 bits per heavy atom. The van der Waals surface area contributed by atoms with E-state index in [1.807, 2.05) is 95.9 Å². The summed E-state index contributed by atoms with van der Waals surface area (Å²) in [5, 5.41) is 5.55. The molecular weight excluding hydrogens is 1270 g/mol. The Morgan fingerprint density at radius 3 is 1.51 bits per heavy atom. The van der Waals surface area contributed by atoms with Crippen LogP contribution >= 0.6 is 63.7 Å². The van der Waals surface area contributed by atoms with E-state index in [4.69, 9.17) is 35.2 Å². The summed E-state index contributed by atoms with van der Waals surface area (Å²) < 4.78 is 50.6. The van der Waals surface area contributed by atoms with E-state index >= 15 is 0 Å². The number of nitrogen functional groups attached to an aromatic ring is 3. The van der Waals surface area contributed by atoms with Crippen molar-refractivity contribution < 1.29 is 31.2 Å². The molecule has 1 fully saturated rings. The molecule has 0 spiro atoms. The van der Waals surface area contributed by atoms with Gasteiger partial charge in [-0.2, -0.15) is 4.31 Å². The fourth-order valence-electron chi connectivity index (χ4n) is 7.34. The predicted molar refractivity (Wildman–Crippen MR) is 311 cm³/mol. The molecule has 1 aliphatic heterocycles. The first-order valence-electron chi connectivity index (χ1n) is 23.3. The number of furan rings is 3. The number of aromatic nitrogens is 8. The molecule has 0 unspecified atom stereocenters. The largest absolute Gasteiger partial charge is 0.454 e. The number of piperazine rings is 1. The Morgan fingerprint density at radius 1 is 0.610 bits per heavy atom. The molecule has 398 valence electrons. The molecule has 11 rings (SSSR count). The molecule has 3 aromatic carbocycles. The Hall–Kier alpha value is -7.10. The maximum absolute atomic E-state index is 12.0. The lowest BCUT2D eigenvalue weighted by atomic mass is 10.2. The highest BCUT2D eigenvalue weighted by atomic mass is 79.9. The molecule has 7 N–H and O–H groups in total. The predicted octanol–water partition coefficient (Wildman–Crippen LogP) is 11.8. The molecule has 8 heterocycles. The van der Waals surface area contributed by atoms with Crippen molar-refractivity contribution in [2.75, 3.05) is 59.3 Å². The summed E-state index contributed by atoms with van der Waals surface area (Å²) in [4.78, 5) is 47.6. The van der Waals surface area contributed by atoms with Crippen LogP contribution in [0.3, 0.4) is 0 Å². The van der Waals surface area contributed by atoms with Gasteiger partial charge in [0.15, 0.2) is 46.2 Å². The molecule has 1 saturated heterocycles. The summed E-state index contributed by atoms with van der Waals surface area (Å²) in [6, 6.07) is 28.7. The minimum absolute atomic E-state index is 0.116. The van der Waals surface area contributed by atoms with E-state index in [0.29, 0.717) is 102 Å². The molecule has 0 radical (unpaired) electrons. The third-order valence-corrected chi connectivity index (χ3v) is 14.6. The van der Waals surface area contributed by atoms with E-state index in [1.54, 1.807) is 46.3 Å². The van der Waals surface area contributed by atoms with Gasteiger partial charge in [-0.25, -0.2) is 53.1 Å². The van der Waals surface area contributed by atoms with E-state index in [0.717, 1.165) is 32.9 Å². The summed E-state index contributed by atoms with van der Waals surface area (Å²) in [7, 11) is -3.16. The number of hydrogen-bond donors (Lipinski definition) is 4. The van der Waals surface area contributed by atoms with Crippen LogP contribution in [0.25, 0.3) is 67.3 Å². The molecule has 0 saturated carbocycles.